The van der Waals surface area contributed by atoms with Gasteiger partial charge in [-0.15, -0.1) is 0 Å². The molecule has 0 saturated heterocycles. The quantitative estimate of drug-likeness (QED) is 0.471. The van der Waals surface area contributed by atoms with Crippen molar-refractivity contribution in [1.29, 1.82) is 10.5 Å². The highest BCUT2D eigenvalue weighted by molar-refractivity contribution is 6.27. The van der Waals surface area contributed by atoms with Crippen molar-refractivity contribution in [2.24, 2.45) is 0 Å². The van der Waals surface area contributed by atoms with E-state index in [2.05, 4.69) is 0 Å². The number of rotatable bonds is 2. The van der Waals surface area contributed by atoms with E-state index in [1.807, 2.05) is 12.1 Å². The largest absolute Gasteiger partial charge is 0.473 e. The van der Waals surface area contributed by atoms with Gasteiger partial charge in [0.05, 0.1) is 12.1 Å². The van der Waals surface area contributed by atoms with Crippen LogP contribution in [0.5, 0.6) is 0 Å². The summed E-state index contributed by atoms with van der Waals surface area (Å²) in [6, 6.07) is 3.90. The van der Waals surface area contributed by atoms with Gasteiger partial charge in [0.25, 0.3) is 0 Å². The zero-order valence-corrected chi connectivity index (χ0v) is 6.73. The molecule has 0 saturated carbocycles. The van der Waals surface area contributed by atoms with Gasteiger partial charge in [0.15, 0.2) is 0 Å². The van der Waals surface area contributed by atoms with Gasteiger partial charge >= 0.3 is 11.9 Å². The number of nitriles is 2. The summed E-state index contributed by atoms with van der Waals surface area (Å²) in [6.07, 6.45) is 1.73. The van der Waals surface area contributed by atoms with Gasteiger partial charge in [-0.25, -0.2) is 9.59 Å². The number of hydrogen-bond donors (Lipinski definition) is 2. The first-order valence-corrected chi connectivity index (χ1v) is 3.26. The number of carboxylic acids is 2. The van der Waals surface area contributed by atoms with E-state index in [0.717, 1.165) is 0 Å². The lowest BCUT2D eigenvalue weighted by atomic mass is 10.3. The Labute approximate surface area is 74.6 Å². The number of nitrogens with zero attached hydrogens (tertiary/aromatic N) is 2. The van der Waals surface area contributed by atoms with Crippen LogP contribution in [0.2, 0.25) is 0 Å². The molecule has 0 heterocycles. The second-order valence-electron chi connectivity index (χ2n) is 1.78. The van der Waals surface area contributed by atoms with Crippen molar-refractivity contribution in [1.82, 2.24) is 0 Å². The Morgan fingerprint density at radius 2 is 1.31 bits per heavy atom. The summed E-state index contributed by atoms with van der Waals surface area (Å²) in [5.41, 5.74) is 0. The zero-order chi connectivity index (χ0) is 10.7. The summed E-state index contributed by atoms with van der Waals surface area (Å²) < 4.78 is 0. The van der Waals surface area contributed by atoms with Gasteiger partial charge in [0, 0.05) is 12.8 Å². The first-order valence-electron chi connectivity index (χ1n) is 3.26. The first-order chi connectivity index (χ1) is 6.06. The zero-order valence-electron chi connectivity index (χ0n) is 6.73. The van der Waals surface area contributed by atoms with Gasteiger partial charge in [0.1, 0.15) is 0 Å². The summed E-state index contributed by atoms with van der Waals surface area (Å²) in [5.74, 6) is -3.65. The molecular formula is C7H8N2O4. The van der Waals surface area contributed by atoms with Crippen molar-refractivity contribution >= 4 is 11.9 Å². The highest BCUT2D eigenvalue weighted by Crippen LogP contribution is 1.88. The van der Waals surface area contributed by atoms with E-state index >= 15 is 0 Å². The molecule has 0 aromatic heterocycles. The average Bonchev–Trinajstić information content (AvgIpc) is 2.06. The standard InChI is InChI=1S/C5H6N2.C2H2O4/c6-4-2-1-3-5-7;3-1(4)2(5)6/h1-3H2;(H,3,4)(H,5,6). The lowest BCUT2D eigenvalue weighted by Gasteiger charge is -1.75. The molecule has 0 bridgehead atoms. The van der Waals surface area contributed by atoms with Crippen LogP contribution < -0.4 is 0 Å². The predicted octanol–water partition coefficient (Wildman–Crippen LogP) is 0.359. The van der Waals surface area contributed by atoms with Crippen LogP contribution in [0.15, 0.2) is 0 Å². The number of unbranched alkanes of at least 4 members (excludes halogenated alkanes) is 2. The molecule has 6 nitrogen and oxygen atoms in total. The molecule has 6 heteroatoms. The number of carbonyl (C=O) groups is 2. The third kappa shape index (κ3) is 17.8. The summed E-state index contributed by atoms with van der Waals surface area (Å²) in [5, 5.41) is 30.6. The smallest absolute Gasteiger partial charge is 0.414 e. The molecule has 0 aromatic carbocycles. The molecule has 0 fully saturated rings. The lowest BCUT2D eigenvalue weighted by molar-refractivity contribution is -0.159. The van der Waals surface area contributed by atoms with E-state index in [9.17, 15) is 0 Å². The number of hydrogen-bond acceptors (Lipinski definition) is 4. The van der Waals surface area contributed by atoms with E-state index in [0.29, 0.717) is 19.3 Å². The predicted molar refractivity (Wildman–Crippen MR) is 40.3 cm³/mol. The van der Waals surface area contributed by atoms with Crippen LogP contribution in [0.4, 0.5) is 0 Å². The van der Waals surface area contributed by atoms with Gasteiger partial charge < -0.3 is 10.2 Å². The Morgan fingerprint density at radius 3 is 1.46 bits per heavy atom. The fourth-order valence-corrected chi connectivity index (χ4v) is 0.247. The molecule has 0 radical (unpaired) electrons. The maximum absolute atomic E-state index is 9.10. The topological polar surface area (TPSA) is 122 Å². The molecule has 0 aliphatic rings. The molecule has 0 atom stereocenters. The van der Waals surface area contributed by atoms with Crippen LogP contribution in [0, 0.1) is 22.7 Å². The lowest BCUT2D eigenvalue weighted by Crippen LogP contribution is -2.09. The van der Waals surface area contributed by atoms with Crippen molar-refractivity contribution in [3.63, 3.8) is 0 Å². The third-order valence-electron chi connectivity index (χ3n) is 0.760. The average molecular weight is 184 g/mol. The summed E-state index contributed by atoms with van der Waals surface area (Å²) in [4.78, 5) is 18.2. The van der Waals surface area contributed by atoms with Crippen molar-refractivity contribution in [2.75, 3.05) is 0 Å². The molecule has 0 spiro atoms. The molecule has 2 N–H and O–H groups in total. The van der Waals surface area contributed by atoms with E-state index in [1.165, 1.54) is 0 Å². The maximum atomic E-state index is 9.10. The summed E-state index contributed by atoms with van der Waals surface area (Å²) in [7, 11) is 0. The van der Waals surface area contributed by atoms with Gasteiger partial charge in [-0.2, -0.15) is 10.5 Å². The highest BCUT2D eigenvalue weighted by Gasteiger charge is 2.04. The Bertz CT molecular complexity index is 222. The van der Waals surface area contributed by atoms with Crippen LogP contribution in [-0.4, -0.2) is 22.2 Å². The van der Waals surface area contributed by atoms with Crippen LogP contribution in [0.25, 0.3) is 0 Å². The fourth-order valence-electron chi connectivity index (χ4n) is 0.247. The number of aliphatic carboxylic acids is 2. The SMILES string of the molecule is N#CCCCC#N.O=C(O)C(=O)O. The molecule has 0 aromatic rings. The molecule has 70 valence electrons. The minimum absolute atomic E-state index is 0.508. The Hall–Kier alpha value is -2.08. The molecule has 13 heavy (non-hydrogen) atoms. The Kier molecular flexibility index (Phi) is 10.3. The van der Waals surface area contributed by atoms with E-state index in [4.69, 9.17) is 30.3 Å². The van der Waals surface area contributed by atoms with E-state index < -0.39 is 11.9 Å². The minimum atomic E-state index is -1.82. The van der Waals surface area contributed by atoms with Crippen molar-refractivity contribution in [3.8, 4) is 12.1 Å². The number of carboxylic acid groups (broad SMARTS) is 2. The normalized spacial score (nSPS) is 6.92. The van der Waals surface area contributed by atoms with Crippen LogP contribution in [0.1, 0.15) is 19.3 Å². The monoisotopic (exact) mass is 184 g/mol. The molecule has 0 aliphatic heterocycles. The molecule has 0 amide bonds. The Morgan fingerprint density at radius 1 is 1.00 bits per heavy atom. The van der Waals surface area contributed by atoms with E-state index in [-0.39, 0.29) is 0 Å². The molecule has 0 unspecified atom stereocenters. The van der Waals surface area contributed by atoms with Gasteiger partial charge in [0.2, 0.25) is 0 Å². The molecular weight excluding hydrogens is 176 g/mol. The van der Waals surface area contributed by atoms with Gasteiger partial charge in [-0.3, -0.25) is 0 Å². The maximum Gasteiger partial charge on any atom is 0.414 e. The van der Waals surface area contributed by atoms with Crippen molar-refractivity contribution < 1.29 is 19.8 Å². The van der Waals surface area contributed by atoms with Gasteiger partial charge in [-0.05, 0) is 6.42 Å². The van der Waals surface area contributed by atoms with E-state index in [1.54, 1.807) is 0 Å². The van der Waals surface area contributed by atoms with Crippen LogP contribution in [-0.2, 0) is 9.59 Å². The second kappa shape index (κ2) is 9.92. The highest BCUT2D eigenvalue weighted by atomic mass is 16.4. The summed E-state index contributed by atoms with van der Waals surface area (Å²) >= 11 is 0. The minimum Gasteiger partial charge on any atom is -0.473 e. The van der Waals surface area contributed by atoms with Crippen molar-refractivity contribution in [3.05, 3.63) is 0 Å². The molecule has 0 aliphatic carbocycles. The second-order valence-corrected chi connectivity index (χ2v) is 1.78. The van der Waals surface area contributed by atoms with Crippen LogP contribution >= 0.6 is 0 Å². The first kappa shape index (κ1) is 13.5. The Balaban J connectivity index is 0. The van der Waals surface area contributed by atoms with Crippen molar-refractivity contribution in [2.45, 2.75) is 19.3 Å². The molecule has 0 rings (SSSR count). The summed E-state index contributed by atoms with van der Waals surface area (Å²) in [6.45, 7) is 0. The van der Waals surface area contributed by atoms with Gasteiger partial charge in [-0.1, -0.05) is 0 Å². The fraction of sp³-hybridized carbons (Fsp3) is 0.429. The third-order valence-corrected chi connectivity index (χ3v) is 0.760. The van der Waals surface area contributed by atoms with Crippen LogP contribution in [0.3, 0.4) is 0 Å².